The lowest BCUT2D eigenvalue weighted by Gasteiger charge is -2.19. The Balaban J connectivity index is 2.53. The lowest BCUT2D eigenvalue weighted by molar-refractivity contribution is -0.116. The van der Waals surface area contributed by atoms with Gasteiger partial charge in [0.15, 0.2) is 0 Å². The van der Waals surface area contributed by atoms with E-state index in [0.717, 1.165) is 28.6 Å². The summed E-state index contributed by atoms with van der Waals surface area (Å²) in [7, 11) is 0. The number of hydrogen-bond acceptors (Lipinski definition) is 2. The summed E-state index contributed by atoms with van der Waals surface area (Å²) in [6, 6.07) is 5.83. The number of hydrogen-bond donors (Lipinski definition) is 2. The molecule has 3 N–H and O–H groups in total. The van der Waals surface area contributed by atoms with Gasteiger partial charge in [0.2, 0.25) is 5.91 Å². The molecule has 3 nitrogen and oxygen atoms in total. The molecule has 0 spiro atoms. The van der Waals surface area contributed by atoms with Gasteiger partial charge in [0.25, 0.3) is 0 Å². The van der Waals surface area contributed by atoms with Crippen molar-refractivity contribution in [2.75, 3.05) is 11.9 Å². The normalized spacial score (nSPS) is 12.5. The molecule has 1 aromatic rings. The molecule has 0 radical (unpaired) electrons. The standard InChI is InChI=1S/C16H25BrN2O/c1-11(2)13(9-10-18)7-8-16(20)19-15-6-4-5-14(17)12(15)3/h4-6,11,13H,7-10,18H2,1-3H3,(H,19,20). The van der Waals surface area contributed by atoms with Gasteiger partial charge in [0.1, 0.15) is 0 Å². The smallest absolute Gasteiger partial charge is 0.224 e. The van der Waals surface area contributed by atoms with Gasteiger partial charge in [0, 0.05) is 16.6 Å². The fraction of sp³-hybridized carbons (Fsp3) is 0.562. The van der Waals surface area contributed by atoms with Crippen molar-refractivity contribution in [3.05, 3.63) is 28.2 Å². The highest BCUT2D eigenvalue weighted by Gasteiger charge is 2.15. The van der Waals surface area contributed by atoms with Crippen LogP contribution in [0.25, 0.3) is 0 Å². The first-order chi connectivity index (χ1) is 9.45. The molecule has 1 unspecified atom stereocenters. The zero-order valence-corrected chi connectivity index (χ0v) is 14.2. The van der Waals surface area contributed by atoms with Gasteiger partial charge in [-0.1, -0.05) is 35.8 Å². The van der Waals surface area contributed by atoms with Crippen LogP contribution >= 0.6 is 15.9 Å². The Morgan fingerprint density at radius 1 is 1.35 bits per heavy atom. The second-order valence-electron chi connectivity index (χ2n) is 5.58. The zero-order chi connectivity index (χ0) is 15.1. The number of nitrogens with two attached hydrogens (primary N) is 1. The number of benzene rings is 1. The molecule has 0 fully saturated rings. The minimum Gasteiger partial charge on any atom is -0.330 e. The van der Waals surface area contributed by atoms with Gasteiger partial charge in [-0.2, -0.15) is 0 Å². The summed E-state index contributed by atoms with van der Waals surface area (Å²) >= 11 is 3.47. The number of carbonyl (C=O) groups excluding carboxylic acids is 1. The molecule has 1 amide bonds. The molecule has 0 saturated carbocycles. The van der Waals surface area contributed by atoms with Gasteiger partial charge in [-0.3, -0.25) is 4.79 Å². The Labute approximate surface area is 130 Å². The topological polar surface area (TPSA) is 55.1 Å². The van der Waals surface area contributed by atoms with E-state index in [9.17, 15) is 4.79 Å². The second kappa shape index (κ2) is 8.42. The van der Waals surface area contributed by atoms with Gasteiger partial charge in [-0.05, 0) is 55.8 Å². The number of anilines is 1. The molecule has 0 saturated heterocycles. The molecule has 4 heteroatoms. The maximum Gasteiger partial charge on any atom is 0.224 e. The van der Waals surface area contributed by atoms with Crippen molar-refractivity contribution >= 4 is 27.5 Å². The van der Waals surface area contributed by atoms with Crippen LogP contribution in [0.15, 0.2) is 22.7 Å². The van der Waals surface area contributed by atoms with Crippen LogP contribution < -0.4 is 11.1 Å². The van der Waals surface area contributed by atoms with Crippen molar-refractivity contribution in [2.24, 2.45) is 17.6 Å². The maximum absolute atomic E-state index is 12.0. The van der Waals surface area contributed by atoms with Crippen LogP contribution in [0.5, 0.6) is 0 Å². The highest BCUT2D eigenvalue weighted by atomic mass is 79.9. The van der Waals surface area contributed by atoms with Gasteiger partial charge in [-0.25, -0.2) is 0 Å². The van der Waals surface area contributed by atoms with Gasteiger partial charge in [-0.15, -0.1) is 0 Å². The quantitative estimate of drug-likeness (QED) is 0.785. The molecular weight excluding hydrogens is 316 g/mol. The second-order valence-corrected chi connectivity index (χ2v) is 6.44. The predicted octanol–water partition coefficient (Wildman–Crippen LogP) is 4.10. The molecule has 20 heavy (non-hydrogen) atoms. The van der Waals surface area contributed by atoms with Crippen molar-refractivity contribution in [1.29, 1.82) is 0 Å². The average molecular weight is 341 g/mol. The largest absolute Gasteiger partial charge is 0.330 e. The lowest BCUT2D eigenvalue weighted by Crippen LogP contribution is -2.18. The molecule has 0 aliphatic rings. The molecule has 112 valence electrons. The van der Waals surface area contributed by atoms with E-state index >= 15 is 0 Å². The van der Waals surface area contributed by atoms with E-state index in [0.29, 0.717) is 24.8 Å². The summed E-state index contributed by atoms with van der Waals surface area (Å²) in [5.41, 5.74) is 7.57. The summed E-state index contributed by atoms with van der Waals surface area (Å²) in [5, 5.41) is 2.99. The first-order valence-corrected chi connectivity index (χ1v) is 8.00. The Kier molecular flexibility index (Phi) is 7.24. The van der Waals surface area contributed by atoms with Crippen LogP contribution in [0, 0.1) is 18.8 Å². The number of amides is 1. The van der Waals surface area contributed by atoms with Gasteiger partial charge < -0.3 is 11.1 Å². The fourth-order valence-electron chi connectivity index (χ4n) is 2.30. The third-order valence-electron chi connectivity index (χ3n) is 3.76. The number of nitrogens with one attached hydrogen (secondary N) is 1. The first kappa shape index (κ1) is 17.2. The van der Waals surface area contributed by atoms with E-state index in [1.165, 1.54) is 0 Å². The van der Waals surface area contributed by atoms with E-state index in [-0.39, 0.29) is 5.91 Å². The minimum atomic E-state index is 0.0777. The summed E-state index contributed by atoms with van der Waals surface area (Å²) in [6.45, 7) is 7.06. The Morgan fingerprint density at radius 2 is 2.05 bits per heavy atom. The van der Waals surface area contributed by atoms with Crippen molar-refractivity contribution in [2.45, 2.75) is 40.0 Å². The van der Waals surface area contributed by atoms with Crippen LogP contribution in [0.2, 0.25) is 0 Å². The average Bonchev–Trinajstić information content (AvgIpc) is 2.39. The van der Waals surface area contributed by atoms with Crippen molar-refractivity contribution in [3.63, 3.8) is 0 Å². The van der Waals surface area contributed by atoms with Crippen LogP contribution in [0.3, 0.4) is 0 Å². The van der Waals surface area contributed by atoms with Crippen molar-refractivity contribution < 1.29 is 4.79 Å². The van der Waals surface area contributed by atoms with Crippen molar-refractivity contribution in [3.8, 4) is 0 Å². The Hall–Kier alpha value is -0.870. The molecule has 1 atom stereocenters. The predicted molar refractivity (Wildman–Crippen MR) is 88.7 cm³/mol. The lowest BCUT2D eigenvalue weighted by atomic mass is 9.88. The summed E-state index contributed by atoms with van der Waals surface area (Å²) in [6.07, 6.45) is 2.43. The van der Waals surface area contributed by atoms with Crippen LogP contribution in [-0.4, -0.2) is 12.5 Å². The molecule has 0 aromatic heterocycles. The van der Waals surface area contributed by atoms with Gasteiger partial charge in [0.05, 0.1) is 0 Å². The number of carbonyl (C=O) groups is 1. The fourth-order valence-corrected chi connectivity index (χ4v) is 2.66. The van der Waals surface area contributed by atoms with Crippen LogP contribution in [-0.2, 0) is 4.79 Å². The highest BCUT2D eigenvalue weighted by molar-refractivity contribution is 9.10. The van der Waals surface area contributed by atoms with Crippen molar-refractivity contribution in [1.82, 2.24) is 0 Å². The maximum atomic E-state index is 12.0. The molecule has 0 bridgehead atoms. The third kappa shape index (κ3) is 5.25. The van der Waals surface area contributed by atoms with E-state index in [4.69, 9.17) is 5.73 Å². The molecular formula is C16H25BrN2O. The first-order valence-electron chi connectivity index (χ1n) is 7.20. The molecule has 0 heterocycles. The monoisotopic (exact) mass is 340 g/mol. The van der Waals surface area contributed by atoms with E-state index in [2.05, 4.69) is 35.1 Å². The third-order valence-corrected chi connectivity index (χ3v) is 4.62. The molecule has 1 rings (SSSR count). The zero-order valence-electron chi connectivity index (χ0n) is 12.6. The Morgan fingerprint density at radius 3 is 2.65 bits per heavy atom. The van der Waals surface area contributed by atoms with Crippen LogP contribution in [0.1, 0.15) is 38.7 Å². The minimum absolute atomic E-state index is 0.0777. The SMILES string of the molecule is Cc1c(Br)cccc1NC(=O)CCC(CCN)C(C)C. The molecule has 0 aliphatic heterocycles. The molecule has 0 aliphatic carbocycles. The summed E-state index contributed by atoms with van der Waals surface area (Å²) in [4.78, 5) is 12.0. The number of rotatable bonds is 7. The van der Waals surface area contributed by atoms with E-state index in [1.54, 1.807) is 0 Å². The van der Waals surface area contributed by atoms with Gasteiger partial charge >= 0.3 is 0 Å². The highest BCUT2D eigenvalue weighted by Crippen LogP contribution is 2.24. The summed E-state index contributed by atoms with van der Waals surface area (Å²) in [5.74, 6) is 1.17. The summed E-state index contributed by atoms with van der Waals surface area (Å²) < 4.78 is 1.01. The molecule has 1 aromatic carbocycles. The van der Waals surface area contributed by atoms with Crippen LogP contribution in [0.4, 0.5) is 5.69 Å². The van der Waals surface area contributed by atoms with E-state index in [1.807, 2.05) is 25.1 Å². The number of halogens is 1. The van der Waals surface area contributed by atoms with E-state index < -0.39 is 0 Å². The Bertz CT molecular complexity index is 446.